The lowest BCUT2D eigenvalue weighted by molar-refractivity contribution is 0.561. The summed E-state index contributed by atoms with van der Waals surface area (Å²) in [4.78, 5) is 0.411. The molecule has 0 radical (unpaired) electrons. The van der Waals surface area contributed by atoms with Crippen molar-refractivity contribution in [2.45, 2.75) is 26.4 Å². The first-order valence-corrected chi connectivity index (χ1v) is 6.61. The van der Waals surface area contributed by atoms with Crippen LogP contribution in [0.3, 0.4) is 0 Å². The molecule has 0 amide bonds. The molecule has 0 aliphatic carbocycles. The van der Waals surface area contributed by atoms with Gasteiger partial charge in [-0.25, -0.2) is 0 Å². The monoisotopic (exact) mass is 274 g/mol. The van der Waals surface area contributed by atoms with Crippen molar-refractivity contribution in [1.29, 1.82) is 0 Å². The number of benzene rings is 1. The van der Waals surface area contributed by atoms with E-state index < -0.39 is 0 Å². The average Bonchev–Trinajstić information content (AvgIpc) is 2.81. The van der Waals surface area contributed by atoms with E-state index in [1.54, 1.807) is 6.20 Å². The van der Waals surface area contributed by atoms with Crippen LogP contribution in [0.4, 0.5) is 5.69 Å². The molecule has 3 N–H and O–H groups in total. The van der Waals surface area contributed by atoms with Crippen molar-refractivity contribution < 1.29 is 0 Å². The number of aromatic nitrogens is 2. The van der Waals surface area contributed by atoms with E-state index in [-0.39, 0.29) is 6.04 Å². The Bertz CT molecular complexity index is 563. The number of hydrogen-bond acceptors (Lipinski definition) is 3. The van der Waals surface area contributed by atoms with Gasteiger partial charge in [-0.15, -0.1) is 0 Å². The van der Waals surface area contributed by atoms with Gasteiger partial charge in [0.2, 0.25) is 0 Å². The van der Waals surface area contributed by atoms with Gasteiger partial charge in [-0.05, 0) is 37.6 Å². The lowest BCUT2D eigenvalue weighted by Crippen LogP contribution is -2.24. The van der Waals surface area contributed by atoms with Gasteiger partial charge in [0.15, 0.2) is 0 Å². The molecule has 0 saturated heterocycles. The van der Waals surface area contributed by atoms with E-state index in [0.29, 0.717) is 4.99 Å². The van der Waals surface area contributed by atoms with E-state index in [2.05, 4.69) is 23.4 Å². The zero-order valence-electron chi connectivity index (χ0n) is 11.1. The maximum Gasteiger partial charge on any atom is 0.106 e. The third-order valence-corrected chi connectivity index (χ3v) is 3.08. The van der Waals surface area contributed by atoms with Crippen molar-refractivity contribution in [1.82, 2.24) is 9.78 Å². The second-order valence-corrected chi connectivity index (χ2v) is 5.13. The molecule has 2 rings (SSSR count). The van der Waals surface area contributed by atoms with Crippen LogP contribution in [-0.4, -0.2) is 20.8 Å². The summed E-state index contributed by atoms with van der Waals surface area (Å²) in [5.41, 5.74) is 8.79. The van der Waals surface area contributed by atoms with Gasteiger partial charge in [-0.2, -0.15) is 5.10 Å². The van der Waals surface area contributed by atoms with Crippen molar-refractivity contribution in [3.05, 3.63) is 47.8 Å². The first-order valence-electron chi connectivity index (χ1n) is 6.20. The Morgan fingerprint density at radius 1 is 1.53 bits per heavy atom. The largest absolute Gasteiger partial charge is 0.389 e. The maximum absolute atomic E-state index is 5.75. The Morgan fingerprint density at radius 2 is 2.32 bits per heavy atom. The molecular formula is C14H18N4S. The fourth-order valence-electron chi connectivity index (χ4n) is 1.99. The molecular weight excluding hydrogens is 256 g/mol. The molecule has 1 unspecified atom stereocenters. The second kappa shape index (κ2) is 5.84. The molecule has 5 heteroatoms. The zero-order chi connectivity index (χ0) is 13.8. The first-order chi connectivity index (χ1) is 9.06. The molecule has 1 heterocycles. The van der Waals surface area contributed by atoms with Crippen LogP contribution < -0.4 is 11.1 Å². The van der Waals surface area contributed by atoms with Crippen molar-refractivity contribution in [2.75, 3.05) is 5.32 Å². The molecule has 2 aromatic rings. The Kier molecular flexibility index (Phi) is 4.16. The fraction of sp³-hybridized carbons (Fsp3) is 0.286. The molecule has 0 aliphatic rings. The van der Waals surface area contributed by atoms with E-state index in [1.165, 1.54) is 5.56 Å². The standard InChI is InChI=1S/C14H18N4S/c1-10-4-5-12(14(15)19)13(8-10)17-11(2)9-18-7-3-6-16-18/h3-8,11,17H,9H2,1-2H3,(H2,15,19). The molecule has 0 saturated carbocycles. The smallest absolute Gasteiger partial charge is 0.106 e. The molecule has 1 aromatic carbocycles. The normalized spacial score (nSPS) is 12.1. The van der Waals surface area contributed by atoms with Gasteiger partial charge >= 0.3 is 0 Å². The van der Waals surface area contributed by atoms with Crippen molar-refractivity contribution in [2.24, 2.45) is 5.73 Å². The molecule has 19 heavy (non-hydrogen) atoms. The predicted molar refractivity (Wildman–Crippen MR) is 82.4 cm³/mol. The van der Waals surface area contributed by atoms with Crippen LogP contribution in [0.15, 0.2) is 36.7 Å². The quantitative estimate of drug-likeness (QED) is 0.822. The highest BCUT2D eigenvalue weighted by atomic mass is 32.1. The summed E-state index contributed by atoms with van der Waals surface area (Å²) < 4.78 is 1.90. The first kappa shape index (κ1) is 13.5. The van der Waals surface area contributed by atoms with Gasteiger partial charge in [0.05, 0.1) is 6.54 Å². The van der Waals surface area contributed by atoms with Crippen LogP contribution in [0, 0.1) is 6.92 Å². The average molecular weight is 274 g/mol. The molecule has 0 bridgehead atoms. The van der Waals surface area contributed by atoms with Gasteiger partial charge in [-0.1, -0.05) is 18.3 Å². The summed E-state index contributed by atoms with van der Waals surface area (Å²) in [6, 6.07) is 8.18. The van der Waals surface area contributed by atoms with E-state index in [9.17, 15) is 0 Å². The predicted octanol–water partition coefficient (Wildman–Crippen LogP) is 2.33. The van der Waals surface area contributed by atoms with E-state index in [0.717, 1.165) is 17.8 Å². The third-order valence-electron chi connectivity index (χ3n) is 2.86. The molecule has 0 fully saturated rings. The summed E-state index contributed by atoms with van der Waals surface area (Å²) in [5, 5.41) is 7.64. The number of aryl methyl sites for hydroxylation is 1. The number of thiocarbonyl (C=S) groups is 1. The van der Waals surface area contributed by atoms with Crippen LogP contribution >= 0.6 is 12.2 Å². The fourth-order valence-corrected chi connectivity index (χ4v) is 2.17. The lowest BCUT2D eigenvalue weighted by atomic mass is 10.1. The highest BCUT2D eigenvalue weighted by Crippen LogP contribution is 2.18. The van der Waals surface area contributed by atoms with E-state index >= 15 is 0 Å². The zero-order valence-corrected chi connectivity index (χ0v) is 11.9. The van der Waals surface area contributed by atoms with E-state index in [4.69, 9.17) is 18.0 Å². The van der Waals surface area contributed by atoms with Gasteiger partial charge in [-0.3, -0.25) is 4.68 Å². The molecule has 4 nitrogen and oxygen atoms in total. The molecule has 100 valence electrons. The molecule has 0 spiro atoms. The Labute approximate surface area is 118 Å². The maximum atomic E-state index is 5.75. The number of nitrogens with zero attached hydrogens (tertiary/aromatic N) is 2. The van der Waals surface area contributed by atoms with Crippen LogP contribution in [0.25, 0.3) is 0 Å². The molecule has 0 aliphatic heterocycles. The number of nitrogens with two attached hydrogens (primary N) is 1. The van der Waals surface area contributed by atoms with Gasteiger partial charge < -0.3 is 11.1 Å². The summed E-state index contributed by atoms with van der Waals surface area (Å²) in [5.74, 6) is 0. The van der Waals surface area contributed by atoms with Crippen molar-refractivity contribution >= 4 is 22.9 Å². The number of anilines is 1. The topological polar surface area (TPSA) is 55.9 Å². The summed E-state index contributed by atoms with van der Waals surface area (Å²) in [7, 11) is 0. The third kappa shape index (κ3) is 3.54. The van der Waals surface area contributed by atoms with Gasteiger partial charge in [0.25, 0.3) is 0 Å². The van der Waals surface area contributed by atoms with Crippen LogP contribution in [-0.2, 0) is 6.54 Å². The highest BCUT2D eigenvalue weighted by Gasteiger charge is 2.09. The molecule has 1 atom stereocenters. The van der Waals surface area contributed by atoms with Gasteiger partial charge in [0, 0.05) is 29.7 Å². The summed E-state index contributed by atoms with van der Waals surface area (Å²) in [6.45, 7) is 4.94. The Morgan fingerprint density at radius 3 is 2.95 bits per heavy atom. The Balaban J connectivity index is 2.13. The minimum absolute atomic E-state index is 0.231. The van der Waals surface area contributed by atoms with Crippen LogP contribution in [0.5, 0.6) is 0 Å². The SMILES string of the molecule is Cc1ccc(C(N)=S)c(NC(C)Cn2cccn2)c1. The molecule has 1 aromatic heterocycles. The summed E-state index contributed by atoms with van der Waals surface area (Å²) >= 11 is 5.08. The van der Waals surface area contributed by atoms with Gasteiger partial charge in [0.1, 0.15) is 4.99 Å². The minimum atomic E-state index is 0.231. The van der Waals surface area contributed by atoms with Crippen LogP contribution in [0.1, 0.15) is 18.1 Å². The summed E-state index contributed by atoms with van der Waals surface area (Å²) in [6.07, 6.45) is 3.72. The minimum Gasteiger partial charge on any atom is -0.389 e. The number of nitrogens with one attached hydrogen (secondary N) is 1. The van der Waals surface area contributed by atoms with Crippen LogP contribution in [0.2, 0.25) is 0 Å². The lowest BCUT2D eigenvalue weighted by Gasteiger charge is -2.18. The second-order valence-electron chi connectivity index (χ2n) is 4.69. The highest BCUT2D eigenvalue weighted by molar-refractivity contribution is 7.80. The Hall–Kier alpha value is -1.88. The number of hydrogen-bond donors (Lipinski definition) is 2. The van der Waals surface area contributed by atoms with Crippen molar-refractivity contribution in [3.8, 4) is 0 Å². The number of rotatable bonds is 5. The van der Waals surface area contributed by atoms with E-state index in [1.807, 2.05) is 36.0 Å². The van der Waals surface area contributed by atoms with Crippen molar-refractivity contribution in [3.63, 3.8) is 0 Å².